The number of fused-ring (bicyclic) bond motifs is 1. The molecule has 3 rings (SSSR count). The molecule has 1 aromatic carbocycles. The molecule has 21 heavy (non-hydrogen) atoms. The summed E-state index contributed by atoms with van der Waals surface area (Å²) in [5.41, 5.74) is 1.71. The van der Waals surface area contributed by atoms with Gasteiger partial charge in [0.15, 0.2) is 0 Å². The Balaban J connectivity index is 2.21. The van der Waals surface area contributed by atoms with Crippen LogP contribution in [0, 0.1) is 5.82 Å². The predicted octanol–water partition coefficient (Wildman–Crippen LogP) is 2.62. The van der Waals surface area contributed by atoms with Crippen molar-refractivity contribution in [2.75, 3.05) is 5.32 Å². The van der Waals surface area contributed by atoms with Gasteiger partial charge >= 0.3 is 0 Å². The van der Waals surface area contributed by atoms with E-state index in [9.17, 15) is 14.0 Å². The van der Waals surface area contributed by atoms with Gasteiger partial charge < -0.3 is 10.5 Å². The minimum atomic E-state index is -0.440. The Morgan fingerprint density at radius 1 is 1.43 bits per heavy atom. The zero-order valence-corrected chi connectivity index (χ0v) is 11.6. The lowest BCUT2D eigenvalue weighted by molar-refractivity contribution is -0.114. The minimum Gasteiger partial charge on any atom is -0.411 e. The molecule has 0 aromatic heterocycles. The lowest BCUT2D eigenvalue weighted by Crippen LogP contribution is -2.26. The van der Waals surface area contributed by atoms with Gasteiger partial charge in [0.05, 0.1) is 11.3 Å². The van der Waals surface area contributed by atoms with E-state index in [-0.39, 0.29) is 41.0 Å². The van der Waals surface area contributed by atoms with Gasteiger partial charge in [-0.05, 0) is 42.4 Å². The molecule has 6 heteroatoms. The first-order valence-electron chi connectivity index (χ1n) is 6.91. The Kier molecular flexibility index (Phi) is 3.23. The summed E-state index contributed by atoms with van der Waals surface area (Å²) in [5.74, 6) is -1.04. The summed E-state index contributed by atoms with van der Waals surface area (Å²) in [6, 6.07) is 1.20. The van der Waals surface area contributed by atoms with Crippen LogP contribution in [0.2, 0.25) is 0 Å². The molecule has 2 N–H and O–H groups in total. The zero-order valence-electron chi connectivity index (χ0n) is 11.6. The van der Waals surface area contributed by atoms with Crippen LogP contribution in [-0.2, 0) is 11.2 Å². The van der Waals surface area contributed by atoms with E-state index in [2.05, 4.69) is 10.5 Å². The number of benzene rings is 1. The van der Waals surface area contributed by atoms with Gasteiger partial charge in [-0.25, -0.2) is 4.39 Å². The largest absolute Gasteiger partial charge is 0.411 e. The summed E-state index contributed by atoms with van der Waals surface area (Å²) in [4.78, 5) is 23.7. The third-order valence-electron chi connectivity index (χ3n) is 3.94. The Labute approximate surface area is 120 Å². The van der Waals surface area contributed by atoms with E-state index in [4.69, 9.17) is 5.21 Å². The Bertz CT molecular complexity index is 678. The third-order valence-corrected chi connectivity index (χ3v) is 3.94. The molecule has 1 amide bonds. The van der Waals surface area contributed by atoms with Gasteiger partial charge in [-0.1, -0.05) is 5.16 Å². The SMILES string of the molecule is CC(=O)Nc1cc(F)c(C2CC2)c2c1C(=O)/C(=N/O)CC2. The second kappa shape index (κ2) is 4.95. The maximum atomic E-state index is 14.3. The van der Waals surface area contributed by atoms with Gasteiger partial charge in [0.25, 0.3) is 0 Å². The molecule has 0 saturated heterocycles. The Hall–Kier alpha value is -2.24. The van der Waals surface area contributed by atoms with Crippen LogP contribution in [0.3, 0.4) is 0 Å². The third kappa shape index (κ3) is 2.30. The van der Waals surface area contributed by atoms with Crippen molar-refractivity contribution in [3.63, 3.8) is 0 Å². The topological polar surface area (TPSA) is 78.8 Å². The summed E-state index contributed by atoms with van der Waals surface area (Å²) in [7, 11) is 0. The first-order chi connectivity index (χ1) is 10.0. The molecular formula is C15H15FN2O3. The van der Waals surface area contributed by atoms with E-state index in [0.717, 1.165) is 12.8 Å². The number of halogens is 1. The van der Waals surface area contributed by atoms with Crippen molar-refractivity contribution in [1.29, 1.82) is 0 Å². The second-order valence-corrected chi connectivity index (χ2v) is 5.50. The monoisotopic (exact) mass is 290 g/mol. The fraction of sp³-hybridized carbons (Fsp3) is 0.400. The van der Waals surface area contributed by atoms with Crippen molar-refractivity contribution in [3.05, 3.63) is 28.6 Å². The summed E-state index contributed by atoms with van der Waals surface area (Å²) in [6.07, 6.45) is 2.55. The van der Waals surface area contributed by atoms with E-state index in [1.54, 1.807) is 0 Å². The van der Waals surface area contributed by atoms with Gasteiger partial charge in [-0.2, -0.15) is 0 Å². The number of ketones is 1. The molecule has 2 aliphatic carbocycles. The fourth-order valence-electron chi connectivity index (χ4n) is 2.94. The molecule has 0 atom stereocenters. The van der Waals surface area contributed by atoms with Crippen LogP contribution in [0.5, 0.6) is 0 Å². The van der Waals surface area contributed by atoms with Crippen LogP contribution in [0.1, 0.15) is 53.6 Å². The van der Waals surface area contributed by atoms with E-state index in [1.165, 1.54) is 13.0 Å². The van der Waals surface area contributed by atoms with Gasteiger partial charge in [0.2, 0.25) is 11.7 Å². The second-order valence-electron chi connectivity index (χ2n) is 5.50. The molecule has 0 unspecified atom stereocenters. The standard InChI is InChI=1S/C15H15FN2O3/c1-7(19)17-12-6-10(16)13(8-2-3-8)9-4-5-11(18-21)15(20)14(9)12/h6,8,21H,2-5H2,1H3,(H,17,19)/b18-11+. The highest BCUT2D eigenvalue weighted by Crippen LogP contribution is 2.46. The highest BCUT2D eigenvalue weighted by molar-refractivity contribution is 6.48. The predicted molar refractivity (Wildman–Crippen MR) is 74.6 cm³/mol. The Morgan fingerprint density at radius 2 is 2.14 bits per heavy atom. The highest BCUT2D eigenvalue weighted by atomic mass is 19.1. The number of hydrogen-bond donors (Lipinski definition) is 2. The van der Waals surface area contributed by atoms with E-state index < -0.39 is 5.78 Å². The van der Waals surface area contributed by atoms with Crippen LogP contribution in [0.4, 0.5) is 10.1 Å². The van der Waals surface area contributed by atoms with Crippen molar-refractivity contribution in [3.8, 4) is 0 Å². The molecule has 1 aromatic rings. The number of nitrogens with zero attached hydrogens (tertiary/aromatic N) is 1. The summed E-state index contributed by atoms with van der Waals surface area (Å²) in [6.45, 7) is 1.30. The molecule has 110 valence electrons. The van der Waals surface area contributed by atoms with Crippen LogP contribution in [-0.4, -0.2) is 22.6 Å². The van der Waals surface area contributed by atoms with Crippen molar-refractivity contribution < 1.29 is 19.2 Å². The van der Waals surface area contributed by atoms with Crippen molar-refractivity contribution >= 4 is 23.1 Å². The number of carbonyl (C=O) groups excluding carboxylic acids is 2. The van der Waals surface area contributed by atoms with E-state index in [0.29, 0.717) is 17.5 Å². The molecule has 5 nitrogen and oxygen atoms in total. The van der Waals surface area contributed by atoms with Crippen molar-refractivity contribution in [1.82, 2.24) is 0 Å². The molecule has 1 fully saturated rings. The smallest absolute Gasteiger partial charge is 0.221 e. The molecule has 0 spiro atoms. The molecule has 2 aliphatic rings. The molecule has 0 aliphatic heterocycles. The number of Topliss-reactive ketones (excluding diaryl/α,β-unsaturated/α-hetero) is 1. The summed E-state index contributed by atoms with van der Waals surface area (Å²) < 4.78 is 14.3. The zero-order chi connectivity index (χ0) is 15.1. The molecule has 1 saturated carbocycles. The quantitative estimate of drug-likeness (QED) is 0.649. The normalized spacial score (nSPS) is 19.5. The number of nitrogens with one attached hydrogen (secondary N) is 1. The number of hydrogen-bond acceptors (Lipinski definition) is 4. The number of rotatable bonds is 2. The summed E-state index contributed by atoms with van der Waals surface area (Å²) in [5, 5.41) is 14.4. The lowest BCUT2D eigenvalue weighted by Gasteiger charge is -2.23. The van der Waals surface area contributed by atoms with E-state index in [1.807, 2.05) is 0 Å². The molecular weight excluding hydrogens is 275 g/mol. The number of carbonyl (C=O) groups is 2. The van der Waals surface area contributed by atoms with Crippen LogP contribution >= 0.6 is 0 Å². The van der Waals surface area contributed by atoms with Gasteiger partial charge in [0, 0.05) is 13.3 Å². The first-order valence-corrected chi connectivity index (χ1v) is 6.91. The number of anilines is 1. The van der Waals surface area contributed by atoms with Crippen molar-refractivity contribution in [2.45, 2.75) is 38.5 Å². The lowest BCUT2D eigenvalue weighted by atomic mass is 9.83. The average molecular weight is 290 g/mol. The van der Waals surface area contributed by atoms with Crippen molar-refractivity contribution in [2.24, 2.45) is 5.16 Å². The molecule has 0 bridgehead atoms. The minimum absolute atomic E-state index is 0.0439. The average Bonchev–Trinajstić information content (AvgIpc) is 3.22. The van der Waals surface area contributed by atoms with Gasteiger partial charge in [-0.15, -0.1) is 0 Å². The van der Waals surface area contributed by atoms with Gasteiger partial charge in [0.1, 0.15) is 11.5 Å². The fourth-order valence-corrected chi connectivity index (χ4v) is 2.94. The highest BCUT2D eigenvalue weighted by Gasteiger charge is 2.36. The maximum absolute atomic E-state index is 14.3. The van der Waals surface area contributed by atoms with Crippen LogP contribution in [0.15, 0.2) is 11.2 Å². The van der Waals surface area contributed by atoms with Gasteiger partial charge in [-0.3, -0.25) is 9.59 Å². The van der Waals surface area contributed by atoms with E-state index >= 15 is 0 Å². The summed E-state index contributed by atoms with van der Waals surface area (Å²) >= 11 is 0. The number of oxime groups is 1. The molecule has 0 radical (unpaired) electrons. The number of amides is 1. The van der Waals surface area contributed by atoms with Crippen LogP contribution < -0.4 is 5.32 Å². The first kappa shape index (κ1) is 13.7. The Morgan fingerprint density at radius 3 is 2.71 bits per heavy atom. The maximum Gasteiger partial charge on any atom is 0.221 e. The molecule has 0 heterocycles. The van der Waals surface area contributed by atoms with Crippen LogP contribution in [0.25, 0.3) is 0 Å².